The number of hydrogen-bond donors (Lipinski definition) is 0. The van der Waals surface area contributed by atoms with Crippen molar-refractivity contribution >= 4 is 32.7 Å². The molecule has 0 atom stereocenters. The monoisotopic (exact) mass is 399 g/mol. The van der Waals surface area contributed by atoms with Gasteiger partial charge in [-0.25, -0.2) is 9.78 Å². The summed E-state index contributed by atoms with van der Waals surface area (Å²) in [7, 11) is 1.64. The van der Waals surface area contributed by atoms with Gasteiger partial charge in [-0.2, -0.15) is 0 Å². The predicted molar refractivity (Wildman–Crippen MR) is 101 cm³/mol. The zero-order valence-corrected chi connectivity index (χ0v) is 15.7. The maximum Gasteiger partial charge on any atom is 0.356 e. The number of pyridine rings is 1. The Balaban J connectivity index is 2.06. The first kappa shape index (κ1) is 17.4. The normalized spacial score (nSPS) is 10.7. The molecule has 0 spiro atoms. The number of ether oxygens (including phenoxy) is 2. The zero-order chi connectivity index (χ0) is 17.8. The van der Waals surface area contributed by atoms with Crippen LogP contribution in [0.3, 0.4) is 0 Å². The molecule has 0 amide bonds. The number of rotatable bonds is 5. The quantitative estimate of drug-likeness (QED) is 0.579. The van der Waals surface area contributed by atoms with E-state index in [4.69, 9.17) is 9.47 Å². The Bertz CT molecular complexity index is 907. The van der Waals surface area contributed by atoms with Crippen molar-refractivity contribution in [3.63, 3.8) is 0 Å². The molecule has 0 radical (unpaired) electrons. The predicted octanol–water partition coefficient (Wildman–Crippen LogP) is 4.77. The van der Waals surface area contributed by atoms with Gasteiger partial charge in [0.05, 0.1) is 19.4 Å². The van der Waals surface area contributed by atoms with Gasteiger partial charge in [0.25, 0.3) is 0 Å². The van der Waals surface area contributed by atoms with Gasteiger partial charge in [0.15, 0.2) is 0 Å². The third kappa shape index (κ3) is 3.99. The molecule has 25 heavy (non-hydrogen) atoms. The Morgan fingerprint density at radius 1 is 1.12 bits per heavy atom. The molecule has 0 aliphatic carbocycles. The number of aromatic nitrogens is 1. The average molecular weight is 400 g/mol. The number of esters is 1. The average Bonchev–Trinajstić information content (AvgIpc) is 2.62. The minimum Gasteiger partial charge on any atom is -0.497 e. The molecule has 0 aliphatic heterocycles. The highest BCUT2D eigenvalue weighted by Gasteiger charge is 2.14. The number of halogens is 1. The summed E-state index contributed by atoms with van der Waals surface area (Å²) in [4.78, 5) is 16.7. The summed E-state index contributed by atoms with van der Waals surface area (Å²) in [5, 5.41) is 1.98. The molecule has 128 valence electrons. The maximum absolute atomic E-state index is 12.1. The fourth-order valence-corrected chi connectivity index (χ4v) is 3.03. The zero-order valence-electron chi connectivity index (χ0n) is 14.1. The van der Waals surface area contributed by atoms with E-state index >= 15 is 0 Å². The lowest BCUT2D eigenvalue weighted by atomic mass is 10.0. The number of carbonyl (C=O) groups is 1. The van der Waals surface area contributed by atoms with Gasteiger partial charge >= 0.3 is 5.97 Å². The molecule has 0 saturated carbocycles. The van der Waals surface area contributed by atoms with Gasteiger partial charge in [-0.05, 0) is 48.2 Å². The van der Waals surface area contributed by atoms with Gasteiger partial charge < -0.3 is 9.47 Å². The highest BCUT2D eigenvalue weighted by atomic mass is 79.9. The van der Waals surface area contributed by atoms with Gasteiger partial charge in [-0.15, -0.1) is 0 Å². The number of hydrogen-bond acceptors (Lipinski definition) is 4. The summed E-state index contributed by atoms with van der Waals surface area (Å²) in [6.45, 7) is 2.11. The summed E-state index contributed by atoms with van der Waals surface area (Å²) in [5.41, 5.74) is 2.27. The Hall–Kier alpha value is -2.40. The van der Waals surface area contributed by atoms with E-state index in [0.717, 1.165) is 32.3 Å². The molecule has 5 heteroatoms. The number of benzene rings is 2. The van der Waals surface area contributed by atoms with Crippen LogP contribution in [0.4, 0.5) is 0 Å². The van der Waals surface area contributed by atoms with Crippen molar-refractivity contribution in [2.75, 3.05) is 13.7 Å². The van der Waals surface area contributed by atoms with Crippen LogP contribution in [0, 0.1) is 0 Å². The van der Waals surface area contributed by atoms with Crippen molar-refractivity contribution in [3.8, 4) is 5.75 Å². The first-order chi connectivity index (χ1) is 12.1. The summed E-state index contributed by atoms with van der Waals surface area (Å²) in [6.07, 6.45) is 0.615. The Morgan fingerprint density at radius 2 is 1.88 bits per heavy atom. The van der Waals surface area contributed by atoms with Gasteiger partial charge in [-0.1, -0.05) is 34.1 Å². The van der Waals surface area contributed by atoms with Crippen molar-refractivity contribution in [3.05, 3.63) is 70.0 Å². The van der Waals surface area contributed by atoms with Crippen LogP contribution in [0.15, 0.2) is 53.0 Å². The van der Waals surface area contributed by atoms with Gasteiger partial charge in [-0.3, -0.25) is 0 Å². The topological polar surface area (TPSA) is 48.4 Å². The fourth-order valence-electron chi connectivity index (χ4n) is 2.67. The minimum absolute atomic E-state index is 0.326. The van der Waals surface area contributed by atoms with E-state index in [9.17, 15) is 4.79 Å². The second-order valence-corrected chi connectivity index (χ2v) is 6.48. The third-order valence-electron chi connectivity index (χ3n) is 3.89. The highest BCUT2D eigenvalue weighted by molar-refractivity contribution is 9.10. The molecule has 1 aromatic heterocycles. The highest BCUT2D eigenvalue weighted by Crippen LogP contribution is 2.25. The smallest absolute Gasteiger partial charge is 0.356 e. The molecule has 0 fully saturated rings. The van der Waals surface area contributed by atoms with Crippen LogP contribution in [0.25, 0.3) is 10.8 Å². The third-order valence-corrected chi connectivity index (χ3v) is 4.38. The lowest BCUT2D eigenvalue weighted by Crippen LogP contribution is -2.09. The Labute approximate surface area is 154 Å². The lowest BCUT2D eigenvalue weighted by molar-refractivity contribution is 0.0519. The molecule has 0 aliphatic rings. The summed E-state index contributed by atoms with van der Waals surface area (Å²) < 4.78 is 11.3. The molecule has 0 bridgehead atoms. The van der Waals surface area contributed by atoms with Gasteiger partial charge in [0.1, 0.15) is 11.4 Å². The summed E-state index contributed by atoms with van der Waals surface area (Å²) >= 11 is 3.51. The summed E-state index contributed by atoms with van der Waals surface area (Å²) in [5.74, 6) is 0.410. The van der Waals surface area contributed by atoms with Crippen molar-refractivity contribution in [1.82, 2.24) is 4.98 Å². The molecule has 0 saturated heterocycles. The van der Waals surface area contributed by atoms with E-state index in [1.807, 2.05) is 42.5 Å². The van der Waals surface area contributed by atoms with E-state index in [2.05, 4.69) is 20.9 Å². The fraction of sp³-hybridized carbons (Fsp3) is 0.200. The van der Waals surface area contributed by atoms with E-state index in [0.29, 0.717) is 18.7 Å². The van der Waals surface area contributed by atoms with Crippen LogP contribution >= 0.6 is 15.9 Å². The minimum atomic E-state index is -0.400. The number of methoxy groups -OCH3 is 1. The maximum atomic E-state index is 12.1. The molecular weight excluding hydrogens is 382 g/mol. The first-order valence-electron chi connectivity index (χ1n) is 8.00. The van der Waals surface area contributed by atoms with Crippen LogP contribution in [0.2, 0.25) is 0 Å². The molecule has 0 unspecified atom stereocenters. The van der Waals surface area contributed by atoms with Crippen LogP contribution < -0.4 is 4.74 Å². The van der Waals surface area contributed by atoms with Crippen molar-refractivity contribution in [1.29, 1.82) is 0 Å². The second-order valence-electron chi connectivity index (χ2n) is 5.56. The largest absolute Gasteiger partial charge is 0.497 e. The van der Waals surface area contributed by atoms with Crippen molar-refractivity contribution < 1.29 is 14.3 Å². The number of nitrogens with zero attached hydrogens (tertiary/aromatic N) is 1. The first-order valence-corrected chi connectivity index (χ1v) is 8.79. The van der Waals surface area contributed by atoms with Gasteiger partial charge in [0, 0.05) is 16.3 Å². The molecule has 1 heterocycles. The molecule has 4 nitrogen and oxygen atoms in total. The Morgan fingerprint density at radius 3 is 2.56 bits per heavy atom. The Kier molecular flexibility index (Phi) is 5.34. The van der Waals surface area contributed by atoms with Crippen LogP contribution in [-0.2, 0) is 11.2 Å². The van der Waals surface area contributed by atoms with Crippen molar-refractivity contribution in [2.24, 2.45) is 0 Å². The van der Waals surface area contributed by atoms with Gasteiger partial charge in [0.2, 0.25) is 0 Å². The van der Waals surface area contributed by atoms with Crippen LogP contribution in [-0.4, -0.2) is 24.7 Å². The second kappa shape index (κ2) is 7.66. The van der Waals surface area contributed by atoms with E-state index in [-0.39, 0.29) is 0 Å². The molecule has 0 N–H and O–H groups in total. The summed E-state index contributed by atoms with van der Waals surface area (Å²) in [6, 6.07) is 15.6. The molecule has 3 rings (SSSR count). The molecule has 2 aromatic carbocycles. The van der Waals surface area contributed by atoms with Crippen LogP contribution in [0.5, 0.6) is 5.75 Å². The number of fused-ring (bicyclic) bond motifs is 1. The molecular formula is C20H18BrNO3. The molecule has 3 aromatic rings. The van der Waals surface area contributed by atoms with E-state index < -0.39 is 5.97 Å². The lowest BCUT2D eigenvalue weighted by Gasteiger charge is -2.10. The number of carbonyl (C=O) groups excluding carboxylic acids is 1. The van der Waals surface area contributed by atoms with E-state index in [1.165, 1.54) is 0 Å². The standard InChI is InChI=1S/C20H18BrNO3/c1-3-25-20(23)19-11-14-6-7-15(21)12-17(14)18(22-19)10-13-4-8-16(24-2)9-5-13/h4-9,11-12H,3,10H2,1-2H3. The van der Waals surface area contributed by atoms with Crippen LogP contribution in [0.1, 0.15) is 28.7 Å². The SMILES string of the molecule is CCOC(=O)c1cc2ccc(Br)cc2c(Cc2ccc(OC)cc2)n1. The van der Waals surface area contributed by atoms with Crippen molar-refractivity contribution in [2.45, 2.75) is 13.3 Å². The van der Waals surface area contributed by atoms with E-state index in [1.54, 1.807) is 20.1 Å².